The number of hydrogen-bond acceptors (Lipinski definition) is 6. The van der Waals surface area contributed by atoms with E-state index < -0.39 is 12.8 Å². The van der Waals surface area contributed by atoms with Gasteiger partial charge < -0.3 is 15.4 Å². The minimum absolute atomic E-state index is 0.290. The molecule has 0 amide bonds. The zero-order valence-corrected chi connectivity index (χ0v) is 15.5. The van der Waals surface area contributed by atoms with Crippen LogP contribution in [0.5, 0.6) is 6.01 Å². The maximum Gasteiger partial charge on any atom is 0.422 e. The second-order valence-electron chi connectivity index (χ2n) is 7.13. The van der Waals surface area contributed by atoms with Crippen molar-refractivity contribution in [1.29, 1.82) is 0 Å². The predicted octanol–water partition coefficient (Wildman–Crippen LogP) is 2.97. The molecular weight excluding hydrogens is 371 g/mol. The van der Waals surface area contributed by atoms with Gasteiger partial charge in [0.1, 0.15) is 5.82 Å². The molecule has 6 nitrogen and oxygen atoms in total. The summed E-state index contributed by atoms with van der Waals surface area (Å²) in [7, 11) is 0. The zero-order chi connectivity index (χ0) is 19.7. The van der Waals surface area contributed by atoms with Gasteiger partial charge in [0.25, 0.3) is 0 Å². The molecule has 2 aliphatic heterocycles. The van der Waals surface area contributed by atoms with Crippen molar-refractivity contribution in [1.82, 2.24) is 20.2 Å². The normalized spacial score (nSPS) is 19.6. The third-order valence-electron chi connectivity index (χ3n) is 5.00. The fraction of sp³-hybridized carbons (Fsp3) is 0.474. The van der Waals surface area contributed by atoms with Crippen molar-refractivity contribution in [2.75, 3.05) is 38.1 Å². The van der Waals surface area contributed by atoms with E-state index >= 15 is 0 Å². The van der Waals surface area contributed by atoms with Crippen LogP contribution in [0.4, 0.5) is 24.7 Å². The molecule has 3 heterocycles. The fourth-order valence-corrected chi connectivity index (χ4v) is 3.77. The molecule has 0 bridgehead atoms. The summed E-state index contributed by atoms with van der Waals surface area (Å²) in [5, 5.41) is 6.61. The molecule has 2 aliphatic rings. The van der Waals surface area contributed by atoms with Gasteiger partial charge in [-0.1, -0.05) is 6.07 Å². The Hall–Kier alpha value is -2.39. The Labute approximate surface area is 161 Å². The molecule has 28 heavy (non-hydrogen) atoms. The SMILES string of the molecule is Cc1cc(Nc2ccc3c(c2)CCN2CCNC[C@@H]32)nc(OCC(F)(F)F)n1. The number of benzene rings is 1. The average Bonchev–Trinajstić information content (AvgIpc) is 2.65. The Balaban J connectivity index is 1.51. The Morgan fingerprint density at radius 3 is 2.93 bits per heavy atom. The zero-order valence-electron chi connectivity index (χ0n) is 15.5. The monoisotopic (exact) mass is 393 g/mol. The van der Waals surface area contributed by atoms with Crippen LogP contribution in [0.1, 0.15) is 22.9 Å². The van der Waals surface area contributed by atoms with Gasteiger partial charge in [0.2, 0.25) is 0 Å². The van der Waals surface area contributed by atoms with E-state index in [-0.39, 0.29) is 6.01 Å². The highest BCUT2D eigenvalue weighted by atomic mass is 19.4. The number of aryl methyl sites for hydroxylation is 1. The molecule has 0 spiro atoms. The number of anilines is 2. The summed E-state index contributed by atoms with van der Waals surface area (Å²) in [6, 6.07) is 7.97. The molecular formula is C19H22F3N5O. The van der Waals surface area contributed by atoms with Gasteiger partial charge in [-0.3, -0.25) is 4.90 Å². The minimum Gasteiger partial charge on any atom is -0.454 e. The van der Waals surface area contributed by atoms with E-state index in [1.165, 1.54) is 11.1 Å². The number of piperazine rings is 1. The molecule has 1 aromatic carbocycles. The van der Waals surface area contributed by atoms with Crippen molar-refractivity contribution in [3.05, 3.63) is 41.1 Å². The molecule has 1 aromatic heterocycles. The standard InChI is InChI=1S/C19H22F3N5O/c1-12-8-17(26-18(24-12)28-11-19(20,21)22)25-14-2-3-15-13(9-14)4-6-27-7-5-23-10-16(15)27/h2-3,8-9,16,23H,4-7,10-11H2,1H3,(H,24,25,26)/t16-/m0/s1. The van der Waals surface area contributed by atoms with Gasteiger partial charge in [-0.25, -0.2) is 4.98 Å². The van der Waals surface area contributed by atoms with E-state index in [0.717, 1.165) is 38.3 Å². The molecule has 9 heteroatoms. The Morgan fingerprint density at radius 2 is 2.11 bits per heavy atom. The number of hydrogen-bond donors (Lipinski definition) is 2. The van der Waals surface area contributed by atoms with Crippen molar-refractivity contribution >= 4 is 11.5 Å². The van der Waals surface area contributed by atoms with Crippen molar-refractivity contribution in [3.8, 4) is 6.01 Å². The number of fused-ring (bicyclic) bond motifs is 3. The second-order valence-corrected chi connectivity index (χ2v) is 7.13. The summed E-state index contributed by atoms with van der Waals surface area (Å²) in [4.78, 5) is 10.5. The predicted molar refractivity (Wildman–Crippen MR) is 98.9 cm³/mol. The molecule has 150 valence electrons. The number of nitrogens with zero attached hydrogens (tertiary/aromatic N) is 3. The van der Waals surface area contributed by atoms with Crippen LogP contribution in [0.3, 0.4) is 0 Å². The van der Waals surface area contributed by atoms with Crippen LogP contribution in [0, 0.1) is 6.92 Å². The van der Waals surface area contributed by atoms with E-state index in [4.69, 9.17) is 0 Å². The second kappa shape index (κ2) is 7.56. The summed E-state index contributed by atoms with van der Waals surface area (Å²) >= 11 is 0. The van der Waals surface area contributed by atoms with Crippen molar-refractivity contribution in [2.24, 2.45) is 0 Å². The first kappa shape index (κ1) is 18.9. The lowest BCUT2D eigenvalue weighted by molar-refractivity contribution is -0.154. The molecule has 0 saturated carbocycles. The van der Waals surface area contributed by atoms with Gasteiger partial charge in [0.05, 0.1) is 0 Å². The van der Waals surface area contributed by atoms with E-state index in [1.807, 2.05) is 6.07 Å². The fourth-order valence-electron chi connectivity index (χ4n) is 3.77. The minimum atomic E-state index is -4.43. The van der Waals surface area contributed by atoms with E-state index in [2.05, 4.69) is 42.4 Å². The Bertz CT molecular complexity index is 858. The number of ether oxygens (including phenoxy) is 1. The lowest BCUT2D eigenvalue weighted by Gasteiger charge is -2.41. The van der Waals surface area contributed by atoms with Crippen molar-refractivity contribution in [3.63, 3.8) is 0 Å². The van der Waals surface area contributed by atoms with Crippen LogP contribution in [0.25, 0.3) is 0 Å². The summed E-state index contributed by atoms with van der Waals surface area (Å²) in [6.07, 6.45) is -3.45. The van der Waals surface area contributed by atoms with Gasteiger partial charge in [0.15, 0.2) is 6.61 Å². The highest BCUT2D eigenvalue weighted by molar-refractivity contribution is 5.59. The lowest BCUT2D eigenvalue weighted by Crippen LogP contribution is -2.48. The van der Waals surface area contributed by atoms with Crippen LogP contribution < -0.4 is 15.4 Å². The van der Waals surface area contributed by atoms with Crippen LogP contribution >= 0.6 is 0 Å². The van der Waals surface area contributed by atoms with Crippen LogP contribution in [0.2, 0.25) is 0 Å². The highest BCUT2D eigenvalue weighted by Crippen LogP contribution is 2.32. The van der Waals surface area contributed by atoms with Gasteiger partial charge in [0, 0.05) is 49.7 Å². The number of alkyl halides is 3. The van der Waals surface area contributed by atoms with Crippen molar-refractivity contribution < 1.29 is 17.9 Å². The molecule has 1 atom stereocenters. The summed E-state index contributed by atoms with van der Waals surface area (Å²) in [5.41, 5.74) is 3.98. The number of aromatic nitrogens is 2. The van der Waals surface area contributed by atoms with Crippen LogP contribution in [-0.4, -0.2) is 53.8 Å². The molecule has 1 saturated heterocycles. The molecule has 0 unspecified atom stereocenters. The third-order valence-corrected chi connectivity index (χ3v) is 5.00. The topological polar surface area (TPSA) is 62.3 Å². The number of nitrogens with one attached hydrogen (secondary N) is 2. The molecule has 1 fully saturated rings. The highest BCUT2D eigenvalue weighted by Gasteiger charge is 2.30. The average molecular weight is 393 g/mol. The summed E-state index contributed by atoms with van der Waals surface area (Å²) < 4.78 is 41.8. The largest absolute Gasteiger partial charge is 0.454 e. The molecule has 2 N–H and O–H groups in total. The third kappa shape index (κ3) is 4.36. The quantitative estimate of drug-likeness (QED) is 0.833. The Morgan fingerprint density at radius 1 is 1.25 bits per heavy atom. The Kier molecular flexibility index (Phi) is 5.11. The van der Waals surface area contributed by atoms with E-state index in [0.29, 0.717) is 17.6 Å². The first-order chi connectivity index (χ1) is 13.4. The van der Waals surface area contributed by atoms with Crippen LogP contribution in [0.15, 0.2) is 24.3 Å². The smallest absolute Gasteiger partial charge is 0.422 e. The molecule has 2 aromatic rings. The maximum absolute atomic E-state index is 12.4. The molecule has 0 radical (unpaired) electrons. The van der Waals surface area contributed by atoms with E-state index in [9.17, 15) is 13.2 Å². The van der Waals surface area contributed by atoms with Crippen molar-refractivity contribution in [2.45, 2.75) is 25.6 Å². The van der Waals surface area contributed by atoms with Gasteiger partial charge in [-0.05, 0) is 36.6 Å². The number of halogens is 3. The first-order valence-electron chi connectivity index (χ1n) is 9.27. The van der Waals surface area contributed by atoms with Crippen LogP contribution in [-0.2, 0) is 6.42 Å². The molecule has 0 aliphatic carbocycles. The van der Waals surface area contributed by atoms with E-state index in [1.54, 1.807) is 13.0 Å². The van der Waals surface area contributed by atoms with Gasteiger partial charge in [-0.2, -0.15) is 18.2 Å². The maximum atomic E-state index is 12.4. The first-order valence-corrected chi connectivity index (χ1v) is 9.27. The number of rotatable bonds is 4. The summed E-state index contributed by atoms with van der Waals surface area (Å²) in [6.45, 7) is 4.34. The summed E-state index contributed by atoms with van der Waals surface area (Å²) in [5.74, 6) is 0.404. The lowest BCUT2D eigenvalue weighted by atomic mass is 9.91. The van der Waals surface area contributed by atoms with Gasteiger partial charge in [-0.15, -0.1) is 0 Å². The molecule has 4 rings (SSSR count). The van der Waals surface area contributed by atoms with Gasteiger partial charge >= 0.3 is 12.2 Å².